The average molecular weight is 441 g/mol. The Morgan fingerprint density at radius 2 is 1.61 bits per heavy atom. The molecule has 0 aliphatic rings. The number of alkyl halides is 3. The smallest absolute Gasteiger partial charge is 0.420 e. The lowest BCUT2D eigenvalue weighted by molar-refractivity contribution is -0.155. The van der Waals surface area contributed by atoms with E-state index in [1.807, 2.05) is 0 Å². The minimum Gasteiger partial charge on any atom is -0.496 e. The number of nitrogens with zero attached hydrogens (tertiary/aromatic N) is 1. The predicted octanol–water partition coefficient (Wildman–Crippen LogP) is 4.42. The maximum absolute atomic E-state index is 13.7. The number of rotatable bonds is 4. The van der Waals surface area contributed by atoms with E-state index in [0.29, 0.717) is 4.90 Å². The standard InChI is InChI=1S/C21H22F3NO6/c1-20(2,3)31-16(26)11-25(19(28)30-5)18(27)14-8-6-7-13-12(14)9-10-15(29-4)17(13)21(22,23)24/h6-10H,11H2,1-5H3. The molecule has 2 aromatic rings. The maximum Gasteiger partial charge on any atom is 0.420 e. The Hall–Kier alpha value is -3.30. The van der Waals surface area contributed by atoms with Gasteiger partial charge in [-0.3, -0.25) is 9.59 Å². The Bertz CT molecular complexity index is 1010. The molecule has 31 heavy (non-hydrogen) atoms. The van der Waals surface area contributed by atoms with E-state index in [4.69, 9.17) is 9.47 Å². The fraction of sp³-hybridized carbons (Fsp3) is 0.381. The Labute approximate surface area is 176 Å². The topological polar surface area (TPSA) is 82.1 Å². The monoisotopic (exact) mass is 441 g/mol. The molecule has 2 rings (SSSR count). The minimum absolute atomic E-state index is 0.0706. The third-order valence-electron chi connectivity index (χ3n) is 4.10. The molecule has 2 aromatic carbocycles. The third kappa shape index (κ3) is 5.44. The van der Waals surface area contributed by atoms with Crippen molar-refractivity contribution in [3.63, 3.8) is 0 Å². The highest BCUT2D eigenvalue weighted by molar-refractivity contribution is 6.13. The third-order valence-corrected chi connectivity index (χ3v) is 4.10. The van der Waals surface area contributed by atoms with Crippen LogP contribution < -0.4 is 4.74 Å². The zero-order chi connectivity index (χ0) is 23.6. The average Bonchev–Trinajstić information content (AvgIpc) is 2.67. The van der Waals surface area contributed by atoms with Gasteiger partial charge in [0.25, 0.3) is 5.91 Å². The number of esters is 1. The summed E-state index contributed by atoms with van der Waals surface area (Å²) < 4.78 is 55.5. The van der Waals surface area contributed by atoms with Gasteiger partial charge < -0.3 is 14.2 Å². The number of methoxy groups -OCH3 is 2. The molecule has 0 atom stereocenters. The highest BCUT2D eigenvalue weighted by Gasteiger charge is 2.37. The molecule has 0 unspecified atom stereocenters. The van der Waals surface area contributed by atoms with Crippen molar-refractivity contribution in [2.75, 3.05) is 20.8 Å². The van der Waals surface area contributed by atoms with E-state index in [9.17, 15) is 27.6 Å². The zero-order valence-corrected chi connectivity index (χ0v) is 17.6. The van der Waals surface area contributed by atoms with Gasteiger partial charge in [-0.1, -0.05) is 12.1 Å². The van der Waals surface area contributed by atoms with Gasteiger partial charge in [0.2, 0.25) is 0 Å². The number of hydrogen-bond acceptors (Lipinski definition) is 6. The van der Waals surface area contributed by atoms with Gasteiger partial charge in [0.05, 0.1) is 14.2 Å². The number of benzene rings is 2. The second-order valence-corrected chi connectivity index (χ2v) is 7.49. The van der Waals surface area contributed by atoms with E-state index in [2.05, 4.69) is 4.74 Å². The van der Waals surface area contributed by atoms with Gasteiger partial charge in [-0.05, 0) is 49.7 Å². The van der Waals surface area contributed by atoms with E-state index in [-0.39, 0.29) is 16.3 Å². The van der Waals surface area contributed by atoms with Crippen LogP contribution in [0, 0.1) is 0 Å². The predicted molar refractivity (Wildman–Crippen MR) is 105 cm³/mol. The summed E-state index contributed by atoms with van der Waals surface area (Å²) in [6.07, 6.45) is -5.91. The van der Waals surface area contributed by atoms with Crippen molar-refractivity contribution >= 4 is 28.7 Å². The molecule has 10 heteroatoms. The number of carbonyl (C=O) groups is 3. The van der Waals surface area contributed by atoms with Crippen LogP contribution in [0.2, 0.25) is 0 Å². The second kappa shape index (κ2) is 8.83. The lowest BCUT2D eigenvalue weighted by Gasteiger charge is -2.24. The van der Waals surface area contributed by atoms with Gasteiger partial charge in [-0.25, -0.2) is 9.69 Å². The summed E-state index contributed by atoms with van der Waals surface area (Å²) in [6, 6.07) is 6.04. The zero-order valence-electron chi connectivity index (χ0n) is 17.6. The van der Waals surface area contributed by atoms with Crippen LogP contribution in [0.5, 0.6) is 5.75 Å². The summed E-state index contributed by atoms with van der Waals surface area (Å²) in [6.45, 7) is 4.03. The van der Waals surface area contributed by atoms with Crippen LogP contribution >= 0.6 is 0 Å². The number of carbonyl (C=O) groups excluding carboxylic acids is 3. The number of hydrogen-bond donors (Lipinski definition) is 0. The Kier molecular flexibility index (Phi) is 6.83. The van der Waals surface area contributed by atoms with Crippen molar-refractivity contribution in [1.82, 2.24) is 4.90 Å². The Balaban J connectivity index is 2.59. The molecule has 0 saturated heterocycles. The van der Waals surface area contributed by atoms with Crippen LogP contribution in [0.1, 0.15) is 36.7 Å². The lowest BCUT2D eigenvalue weighted by Crippen LogP contribution is -2.42. The lowest BCUT2D eigenvalue weighted by atomic mass is 9.98. The number of ether oxygens (including phenoxy) is 3. The summed E-state index contributed by atoms with van der Waals surface area (Å²) in [5.74, 6) is -2.31. The highest BCUT2D eigenvalue weighted by atomic mass is 19.4. The van der Waals surface area contributed by atoms with Crippen molar-refractivity contribution in [2.24, 2.45) is 0 Å². The number of halogens is 3. The largest absolute Gasteiger partial charge is 0.496 e. The summed E-state index contributed by atoms with van der Waals surface area (Å²) >= 11 is 0. The van der Waals surface area contributed by atoms with E-state index in [0.717, 1.165) is 20.3 Å². The molecule has 0 aliphatic heterocycles. The molecular weight excluding hydrogens is 419 g/mol. The molecule has 0 aliphatic carbocycles. The first-order chi connectivity index (χ1) is 14.3. The summed E-state index contributed by atoms with van der Waals surface area (Å²) in [4.78, 5) is 37.9. The number of fused-ring (bicyclic) bond motifs is 1. The number of amides is 2. The molecule has 168 valence electrons. The fourth-order valence-electron chi connectivity index (χ4n) is 2.96. The van der Waals surface area contributed by atoms with Gasteiger partial charge in [-0.15, -0.1) is 0 Å². The molecular formula is C21H22F3NO6. The van der Waals surface area contributed by atoms with E-state index >= 15 is 0 Å². The van der Waals surface area contributed by atoms with Crippen molar-refractivity contribution in [3.05, 3.63) is 41.5 Å². The van der Waals surface area contributed by atoms with Crippen molar-refractivity contribution in [3.8, 4) is 5.75 Å². The fourth-order valence-corrected chi connectivity index (χ4v) is 2.96. The van der Waals surface area contributed by atoms with Crippen molar-refractivity contribution in [2.45, 2.75) is 32.5 Å². The molecule has 0 spiro atoms. The normalized spacial score (nSPS) is 11.7. The first-order valence-electron chi connectivity index (χ1n) is 9.08. The van der Waals surface area contributed by atoms with Gasteiger partial charge in [0.1, 0.15) is 23.5 Å². The summed E-state index contributed by atoms with van der Waals surface area (Å²) in [5, 5.41) is -0.362. The summed E-state index contributed by atoms with van der Waals surface area (Å²) in [7, 11) is 2.11. The van der Waals surface area contributed by atoms with Crippen LogP contribution in [0.3, 0.4) is 0 Å². The molecule has 0 N–H and O–H groups in total. The van der Waals surface area contributed by atoms with Crippen molar-refractivity contribution < 1.29 is 41.8 Å². The van der Waals surface area contributed by atoms with Gasteiger partial charge in [-0.2, -0.15) is 13.2 Å². The first kappa shape index (κ1) is 24.0. The SMILES string of the molecule is COC(=O)N(CC(=O)OC(C)(C)C)C(=O)c1cccc2c(C(F)(F)F)c(OC)ccc12. The van der Waals surface area contributed by atoms with E-state index < -0.39 is 47.6 Å². The van der Waals surface area contributed by atoms with Gasteiger partial charge >= 0.3 is 18.2 Å². The number of imide groups is 1. The minimum atomic E-state index is -4.76. The van der Waals surface area contributed by atoms with Crippen LogP contribution in [-0.2, 0) is 20.4 Å². The quantitative estimate of drug-likeness (QED) is 0.654. The van der Waals surface area contributed by atoms with Crippen molar-refractivity contribution in [1.29, 1.82) is 0 Å². The molecule has 0 bridgehead atoms. The van der Waals surface area contributed by atoms with Crippen LogP contribution in [-0.4, -0.2) is 49.2 Å². The maximum atomic E-state index is 13.7. The van der Waals surface area contributed by atoms with Gasteiger partial charge in [0.15, 0.2) is 0 Å². The van der Waals surface area contributed by atoms with Gasteiger partial charge in [0, 0.05) is 5.56 Å². The first-order valence-corrected chi connectivity index (χ1v) is 9.08. The second-order valence-electron chi connectivity index (χ2n) is 7.49. The Morgan fingerprint density at radius 3 is 2.13 bits per heavy atom. The highest BCUT2D eigenvalue weighted by Crippen LogP contribution is 2.42. The molecule has 0 fully saturated rings. The van der Waals surface area contributed by atoms with E-state index in [1.54, 1.807) is 20.8 Å². The molecule has 0 saturated carbocycles. The van der Waals surface area contributed by atoms with Crippen LogP contribution in [0.4, 0.5) is 18.0 Å². The van der Waals surface area contributed by atoms with Crippen LogP contribution in [0.15, 0.2) is 30.3 Å². The molecule has 0 heterocycles. The molecule has 0 radical (unpaired) electrons. The molecule has 2 amide bonds. The van der Waals surface area contributed by atoms with E-state index in [1.165, 1.54) is 24.3 Å². The molecule has 7 nitrogen and oxygen atoms in total. The Morgan fingerprint density at radius 1 is 0.968 bits per heavy atom. The summed E-state index contributed by atoms with van der Waals surface area (Å²) in [5.41, 5.74) is -2.15. The van der Waals surface area contributed by atoms with Crippen LogP contribution in [0.25, 0.3) is 10.8 Å². The molecule has 0 aromatic heterocycles.